The van der Waals surface area contributed by atoms with Crippen molar-refractivity contribution in [3.63, 3.8) is 0 Å². The third-order valence-corrected chi connectivity index (χ3v) is 5.72. The average Bonchev–Trinajstić information content (AvgIpc) is 3.08. The molecule has 1 unspecified atom stereocenters. The van der Waals surface area contributed by atoms with Gasteiger partial charge in [0.25, 0.3) is 0 Å². The Kier molecular flexibility index (Phi) is 4.86. The molecule has 1 atom stereocenters. The largest absolute Gasteiger partial charge is 0.450 e. The minimum Gasteiger partial charge on any atom is -0.450 e. The molecule has 0 amide bonds. The van der Waals surface area contributed by atoms with Crippen LogP contribution in [-0.2, 0) is 6.42 Å². The molecule has 1 aliphatic rings. The number of aliphatic hydroxyl groups excluding tert-OH is 1. The number of aromatic nitrogens is 2. The van der Waals surface area contributed by atoms with Gasteiger partial charge >= 0.3 is 0 Å². The van der Waals surface area contributed by atoms with Gasteiger partial charge in [-0.1, -0.05) is 19.3 Å². The van der Waals surface area contributed by atoms with Crippen molar-refractivity contribution < 1.29 is 9.52 Å². The number of halogens is 2. The van der Waals surface area contributed by atoms with E-state index in [1.807, 2.05) is 12.3 Å². The Morgan fingerprint density at radius 2 is 2.10 bits per heavy atom. The van der Waals surface area contributed by atoms with Crippen LogP contribution in [0.3, 0.4) is 0 Å². The fourth-order valence-corrected chi connectivity index (χ4v) is 3.47. The maximum Gasteiger partial charge on any atom is 0.183 e. The molecule has 0 aromatic carbocycles. The smallest absolute Gasteiger partial charge is 0.183 e. The van der Waals surface area contributed by atoms with Crippen LogP contribution in [0.25, 0.3) is 0 Å². The second kappa shape index (κ2) is 6.67. The van der Waals surface area contributed by atoms with Gasteiger partial charge in [0.15, 0.2) is 4.67 Å². The Hall–Kier alpha value is -0.590. The molecule has 3 rings (SSSR count). The molecule has 1 fully saturated rings. The van der Waals surface area contributed by atoms with Gasteiger partial charge < -0.3 is 9.52 Å². The zero-order chi connectivity index (χ0) is 14.8. The molecule has 0 bridgehead atoms. The van der Waals surface area contributed by atoms with Crippen LogP contribution in [0.1, 0.15) is 55.7 Å². The number of nitrogens with zero attached hydrogens (tertiary/aromatic N) is 2. The zero-order valence-corrected chi connectivity index (χ0v) is 14.8. The summed E-state index contributed by atoms with van der Waals surface area (Å²) in [6.45, 7) is 0. The Morgan fingerprint density at radius 1 is 1.33 bits per heavy atom. The third kappa shape index (κ3) is 3.60. The lowest BCUT2D eigenvalue weighted by Crippen LogP contribution is -2.13. The summed E-state index contributed by atoms with van der Waals surface area (Å²) in [5.41, 5.74) is 0.900. The summed E-state index contributed by atoms with van der Waals surface area (Å²) in [5.74, 6) is 0.543. The van der Waals surface area contributed by atoms with Crippen molar-refractivity contribution in [1.82, 2.24) is 9.78 Å². The predicted octanol–water partition coefficient (Wildman–Crippen LogP) is 4.78. The van der Waals surface area contributed by atoms with E-state index in [-0.39, 0.29) is 0 Å². The molecule has 1 N–H and O–H groups in total. The zero-order valence-electron chi connectivity index (χ0n) is 11.6. The lowest BCUT2D eigenvalue weighted by atomic mass is 9.96. The molecule has 21 heavy (non-hydrogen) atoms. The van der Waals surface area contributed by atoms with Gasteiger partial charge in [0.2, 0.25) is 0 Å². The maximum absolute atomic E-state index is 10.2. The molecule has 2 aromatic heterocycles. The van der Waals surface area contributed by atoms with E-state index >= 15 is 0 Å². The minimum absolute atomic E-state index is 0.464. The van der Waals surface area contributed by atoms with Crippen molar-refractivity contribution in [3.8, 4) is 0 Å². The van der Waals surface area contributed by atoms with Crippen molar-refractivity contribution >= 4 is 31.9 Å². The number of hydrogen-bond donors (Lipinski definition) is 1. The van der Waals surface area contributed by atoms with Crippen molar-refractivity contribution in [1.29, 1.82) is 0 Å². The second-order valence-electron chi connectivity index (χ2n) is 5.57. The van der Waals surface area contributed by atoms with Crippen LogP contribution < -0.4 is 0 Å². The first-order valence-electron chi connectivity index (χ1n) is 7.30. The highest BCUT2D eigenvalue weighted by atomic mass is 79.9. The molecular weight excluding hydrogens is 400 g/mol. The lowest BCUT2D eigenvalue weighted by molar-refractivity contribution is 0.147. The average molecular weight is 418 g/mol. The monoisotopic (exact) mass is 416 g/mol. The predicted molar refractivity (Wildman–Crippen MR) is 87.1 cm³/mol. The molecular formula is C15H18Br2N2O2. The third-order valence-electron chi connectivity index (χ3n) is 4.01. The van der Waals surface area contributed by atoms with Gasteiger partial charge in [0, 0.05) is 12.6 Å². The van der Waals surface area contributed by atoms with E-state index in [0.717, 1.165) is 10.2 Å². The van der Waals surface area contributed by atoms with Gasteiger partial charge in [-0.3, -0.25) is 4.68 Å². The van der Waals surface area contributed by atoms with Crippen molar-refractivity contribution in [2.45, 2.75) is 50.7 Å². The van der Waals surface area contributed by atoms with Crippen LogP contribution in [0.2, 0.25) is 0 Å². The lowest BCUT2D eigenvalue weighted by Gasteiger charge is -2.21. The number of aliphatic hydroxyl groups is 1. The molecule has 1 aliphatic carbocycles. The first-order chi connectivity index (χ1) is 10.1. The standard InChI is InChI=1S/C15H18Br2N2O2/c16-12-9-14(21-15(12)17)13(20)8-10-6-7-19(18-10)11-4-2-1-3-5-11/h6-7,9,11,13,20H,1-5,8H2. The molecule has 0 saturated heterocycles. The Bertz CT molecular complexity index is 583. The highest BCUT2D eigenvalue weighted by Gasteiger charge is 2.19. The van der Waals surface area contributed by atoms with Crippen molar-refractivity contribution in [3.05, 3.63) is 38.9 Å². The molecule has 0 radical (unpaired) electrons. The van der Waals surface area contributed by atoms with Gasteiger partial charge in [0.05, 0.1) is 16.2 Å². The van der Waals surface area contributed by atoms with Crippen molar-refractivity contribution in [2.24, 2.45) is 0 Å². The molecule has 1 saturated carbocycles. The summed E-state index contributed by atoms with van der Waals surface area (Å²) in [7, 11) is 0. The Balaban J connectivity index is 1.66. The van der Waals surface area contributed by atoms with Gasteiger partial charge in [-0.25, -0.2) is 0 Å². The summed E-state index contributed by atoms with van der Waals surface area (Å²) < 4.78 is 8.93. The maximum atomic E-state index is 10.2. The van der Waals surface area contributed by atoms with E-state index in [0.29, 0.717) is 22.9 Å². The van der Waals surface area contributed by atoms with Gasteiger partial charge in [-0.15, -0.1) is 0 Å². The molecule has 0 spiro atoms. The summed E-state index contributed by atoms with van der Waals surface area (Å²) in [5, 5.41) is 14.9. The number of hydrogen-bond acceptors (Lipinski definition) is 3. The van der Waals surface area contributed by atoms with Crippen LogP contribution >= 0.6 is 31.9 Å². The molecule has 0 aliphatic heterocycles. The first-order valence-corrected chi connectivity index (χ1v) is 8.89. The van der Waals surface area contributed by atoms with E-state index in [1.54, 1.807) is 6.07 Å². The van der Waals surface area contributed by atoms with E-state index in [9.17, 15) is 5.11 Å². The summed E-state index contributed by atoms with van der Waals surface area (Å²) >= 11 is 6.64. The fraction of sp³-hybridized carbons (Fsp3) is 0.533. The van der Waals surface area contributed by atoms with Crippen molar-refractivity contribution in [2.75, 3.05) is 0 Å². The van der Waals surface area contributed by atoms with E-state index in [1.165, 1.54) is 32.1 Å². The Labute approximate surface area is 140 Å². The highest BCUT2D eigenvalue weighted by Crippen LogP contribution is 2.31. The highest BCUT2D eigenvalue weighted by molar-refractivity contribution is 9.13. The van der Waals surface area contributed by atoms with Crippen LogP contribution in [0, 0.1) is 0 Å². The van der Waals surface area contributed by atoms with Gasteiger partial charge in [-0.05, 0) is 56.8 Å². The van der Waals surface area contributed by atoms with E-state index in [4.69, 9.17) is 4.42 Å². The quantitative estimate of drug-likeness (QED) is 0.778. The minimum atomic E-state index is -0.678. The second-order valence-corrected chi connectivity index (χ2v) is 7.14. The summed E-state index contributed by atoms with van der Waals surface area (Å²) in [4.78, 5) is 0. The normalized spacial score (nSPS) is 18.0. The van der Waals surface area contributed by atoms with Crippen LogP contribution in [0.5, 0.6) is 0 Å². The van der Waals surface area contributed by atoms with Gasteiger partial charge in [-0.2, -0.15) is 5.10 Å². The summed E-state index contributed by atoms with van der Waals surface area (Å²) in [6.07, 6.45) is 8.16. The fourth-order valence-electron chi connectivity index (χ4n) is 2.86. The van der Waals surface area contributed by atoms with E-state index < -0.39 is 6.10 Å². The molecule has 2 aromatic rings. The van der Waals surface area contributed by atoms with Crippen LogP contribution in [0.15, 0.2) is 31.9 Å². The van der Waals surface area contributed by atoms with Crippen LogP contribution in [0.4, 0.5) is 0 Å². The molecule has 4 nitrogen and oxygen atoms in total. The van der Waals surface area contributed by atoms with Gasteiger partial charge in [0.1, 0.15) is 11.9 Å². The topological polar surface area (TPSA) is 51.2 Å². The van der Waals surface area contributed by atoms with Crippen LogP contribution in [-0.4, -0.2) is 14.9 Å². The summed E-state index contributed by atoms with van der Waals surface area (Å²) in [6, 6.07) is 4.30. The molecule has 2 heterocycles. The van der Waals surface area contributed by atoms with E-state index in [2.05, 4.69) is 41.6 Å². The number of furan rings is 1. The molecule has 114 valence electrons. The molecule has 6 heteroatoms. The SMILES string of the molecule is OC(Cc1ccn(C2CCCCC2)n1)c1cc(Br)c(Br)o1. The first kappa shape index (κ1) is 15.3. The Morgan fingerprint density at radius 3 is 2.76 bits per heavy atom. The number of rotatable bonds is 4.